The van der Waals surface area contributed by atoms with Crippen LogP contribution in [0.25, 0.3) is 0 Å². The lowest BCUT2D eigenvalue weighted by Crippen LogP contribution is -2.20. The number of pyridine rings is 1. The Bertz CT molecular complexity index is 672. The van der Waals surface area contributed by atoms with Crippen LogP contribution in [0.15, 0.2) is 48.8 Å². The highest BCUT2D eigenvalue weighted by Gasteiger charge is 2.12. The lowest BCUT2D eigenvalue weighted by Gasteiger charge is -2.12. The molecule has 0 saturated carbocycles. The normalized spacial score (nSPS) is 11.3. The number of para-hydroxylation sites is 1. The van der Waals surface area contributed by atoms with E-state index in [0.717, 1.165) is 11.1 Å². The van der Waals surface area contributed by atoms with Gasteiger partial charge in [-0.05, 0) is 42.8 Å². The summed E-state index contributed by atoms with van der Waals surface area (Å²) in [5.74, 6) is 0.0465. The molecule has 5 nitrogen and oxygen atoms in total. The number of anilines is 1. The average molecular weight is 305 g/mol. The Balaban J connectivity index is 2.04. The van der Waals surface area contributed by atoms with E-state index in [0.29, 0.717) is 18.7 Å². The number of hydrogen-bond donors (Lipinski definition) is 2. The van der Waals surface area contributed by atoms with Gasteiger partial charge in [-0.15, -0.1) is 0 Å². The van der Waals surface area contributed by atoms with Gasteiger partial charge in [-0.2, -0.15) is 0 Å². The van der Waals surface area contributed by atoms with E-state index in [9.17, 15) is 8.42 Å². The summed E-state index contributed by atoms with van der Waals surface area (Å²) in [4.78, 5) is 3.92. The van der Waals surface area contributed by atoms with Crippen molar-refractivity contribution in [3.8, 4) is 0 Å². The van der Waals surface area contributed by atoms with Gasteiger partial charge in [0, 0.05) is 18.9 Å². The van der Waals surface area contributed by atoms with Crippen LogP contribution in [0.1, 0.15) is 11.1 Å². The first-order chi connectivity index (χ1) is 10.1. The molecule has 0 aliphatic rings. The largest absolute Gasteiger partial charge is 0.316 e. The molecule has 0 aliphatic heterocycles. The van der Waals surface area contributed by atoms with Gasteiger partial charge in [-0.1, -0.05) is 18.2 Å². The molecule has 0 atom stereocenters. The number of aryl methyl sites for hydroxylation is 1. The predicted octanol–water partition coefficient (Wildman–Crippen LogP) is 1.79. The number of hydrogen-bond acceptors (Lipinski definition) is 4. The predicted molar refractivity (Wildman–Crippen MR) is 84.6 cm³/mol. The Morgan fingerprint density at radius 2 is 1.81 bits per heavy atom. The summed E-state index contributed by atoms with van der Waals surface area (Å²) in [7, 11) is -1.54. The third-order valence-electron chi connectivity index (χ3n) is 3.06. The van der Waals surface area contributed by atoms with Crippen molar-refractivity contribution in [3.63, 3.8) is 0 Å². The SMILES string of the molecule is CNCc1ccccc1NS(=O)(=O)CCc1ccncc1. The molecule has 0 fully saturated rings. The Morgan fingerprint density at radius 1 is 1.10 bits per heavy atom. The lowest BCUT2D eigenvalue weighted by atomic mass is 10.2. The second-order valence-electron chi connectivity index (χ2n) is 4.71. The molecule has 0 aliphatic carbocycles. The Kier molecular flexibility index (Phi) is 5.30. The second-order valence-corrected chi connectivity index (χ2v) is 6.56. The molecule has 1 aromatic heterocycles. The van der Waals surface area contributed by atoms with Crippen LogP contribution in [-0.2, 0) is 23.0 Å². The van der Waals surface area contributed by atoms with Crippen molar-refractivity contribution in [3.05, 3.63) is 59.9 Å². The van der Waals surface area contributed by atoms with E-state index < -0.39 is 10.0 Å². The Hall–Kier alpha value is -1.92. The van der Waals surface area contributed by atoms with E-state index >= 15 is 0 Å². The van der Waals surface area contributed by atoms with Crippen molar-refractivity contribution in [1.82, 2.24) is 10.3 Å². The molecule has 112 valence electrons. The number of nitrogens with one attached hydrogen (secondary N) is 2. The number of sulfonamides is 1. The van der Waals surface area contributed by atoms with Crippen LogP contribution in [0.2, 0.25) is 0 Å². The quantitative estimate of drug-likeness (QED) is 0.818. The zero-order chi connectivity index (χ0) is 15.1. The topological polar surface area (TPSA) is 71.1 Å². The summed E-state index contributed by atoms with van der Waals surface area (Å²) in [6.45, 7) is 0.614. The maximum atomic E-state index is 12.2. The molecule has 1 heterocycles. The van der Waals surface area contributed by atoms with E-state index in [4.69, 9.17) is 0 Å². The van der Waals surface area contributed by atoms with Crippen LogP contribution < -0.4 is 10.0 Å². The smallest absolute Gasteiger partial charge is 0.233 e. The minimum atomic E-state index is -3.37. The van der Waals surface area contributed by atoms with Gasteiger partial charge in [0.05, 0.1) is 11.4 Å². The van der Waals surface area contributed by atoms with Crippen LogP contribution in [0.4, 0.5) is 5.69 Å². The highest BCUT2D eigenvalue weighted by atomic mass is 32.2. The molecule has 0 unspecified atom stereocenters. The van der Waals surface area contributed by atoms with Crippen LogP contribution in [0.3, 0.4) is 0 Å². The summed E-state index contributed by atoms with van der Waals surface area (Å²) in [5.41, 5.74) is 2.51. The van der Waals surface area contributed by atoms with E-state index in [1.165, 1.54) is 0 Å². The third-order valence-corrected chi connectivity index (χ3v) is 4.33. The minimum Gasteiger partial charge on any atom is -0.316 e. The van der Waals surface area contributed by atoms with Gasteiger partial charge in [0.25, 0.3) is 0 Å². The molecule has 0 saturated heterocycles. The average Bonchev–Trinajstić information content (AvgIpc) is 2.48. The molecule has 1 aromatic carbocycles. The van der Waals surface area contributed by atoms with Crippen molar-refractivity contribution in [2.75, 3.05) is 17.5 Å². The molecule has 0 bridgehead atoms. The summed E-state index contributed by atoms with van der Waals surface area (Å²) < 4.78 is 27.0. The van der Waals surface area contributed by atoms with Crippen LogP contribution >= 0.6 is 0 Å². The highest BCUT2D eigenvalue weighted by Crippen LogP contribution is 2.16. The first-order valence-corrected chi connectivity index (χ1v) is 8.38. The van der Waals surface area contributed by atoms with Gasteiger partial charge >= 0.3 is 0 Å². The second kappa shape index (κ2) is 7.19. The summed E-state index contributed by atoms with van der Waals surface area (Å²) in [5, 5.41) is 3.03. The van der Waals surface area contributed by atoms with Gasteiger partial charge in [0.1, 0.15) is 0 Å². The number of aromatic nitrogens is 1. The molecular weight excluding hydrogens is 286 g/mol. The number of benzene rings is 1. The first kappa shape index (κ1) is 15.5. The molecule has 6 heteroatoms. The molecule has 0 amide bonds. The fourth-order valence-corrected chi connectivity index (χ4v) is 3.13. The highest BCUT2D eigenvalue weighted by molar-refractivity contribution is 7.92. The summed E-state index contributed by atoms with van der Waals surface area (Å²) in [6.07, 6.45) is 3.79. The molecule has 0 radical (unpaired) electrons. The monoisotopic (exact) mass is 305 g/mol. The van der Waals surface area contributed by atoms with E-state index in [-0.39, 0.29) is 5.75 Å². The van der Waals surface area contributed by atoms with Crippen molar-refractivity contribution >= 4 is 15.7 Å². The lowest BCUT2D eigenvalue weighted by molar-refractivity contribution is 0.600. The molecule has 2 aromatic rings. The van der Waals surface area contributed by atoms with E-state index in [1.807, 2.05) is 37.4 Å². The summed E-state index contributed by atoms with van der Waals surface area (Å²) >= 11 is 0. The Morgan fingerprint density at radius 3 is 2.52 bits per heavy atom. The van der Waals surface area contributed by atoms with Gasteiger partial charge in [0.2, 0.25) is 10.0 Å². The van der Waals surface area contributed by atoms with E-state index in [2.05, 4.69) is 15.0 Å². The van der Waals surface area contributed by atoms with Crippen LogP contribution in [-0.4, -0.2) is 26.2 Å². The van der Waals surface area contributed by atoms with Crippen LogP contribution in [0, 0.1) is 0 Å². The van der Waals surface area contributed by atoms with Gasteiger partial charge in [-0.25, -0.2) is 8.42 Å². The maximum Gasteiger partial charge on any atom is 0.233 e. The standard InChI is InChI=1S/C15H19N3O2S/c1-16-12-14-4-2-3-5-15(14)18-21(19,20)11-8-13-6-9-17-10-7-13/h2-7,9-10,16,18H,8,11-12H2,1H3. The fraction of sp³-hybridized carbons (Fsp3) is 0.267. The van der Waals surface area contributed by atoms with Crippen molar-refractivity contribution < 1.29 is 8.42 Å². The molecule has 2 N–H and O–H groups in total. The number of nitrogens with zero attached hydrogens (tertiary/aromatic N) is 1. The molecule has 0 spiro atoms. The number of rotatable bonds is 7. The maximum absolute atomic E-state index is 12.2. The molecule has 21 heavy (non-hydrogen) atoms. The molecular formula is C15H19N3O2S. The zero-order valence-electron chi connectivity index (χ0n) is 11.9. The summed E-state index contributed by atoms with van der Waals surface area (Å²) in [6, 6.07) is 11.0. The van der Waals surface area contributed by atoms with Crippen molar-refractivity contribution in [1.29, 1.82) is 0 Å². The minimum absolute atomic E-state index is 0.0465. The first-order valence-electron chi connectivity index (χ1n) is 6.72. The fourth-order valence-electron chi connectivity index (χ4n) is 1.98. The van der Waals surface area contributed by atoms with Gasteiger partial charge in [0.15, 0.2) is 0 Å². The van der Waals surface area contributed by atoms with Gasteiger partial charge < -0.3 is 5.32 Å². The van der Waals surface area contributed by atoms with Crippen molar-refractivity contribution in [2.45, 2.75) is 13.0 Å². The molecule has 2 rings (SSSR count). The van der Waals surface area contributed by atoms with Gasteiger partial charge in [-0.3, -0.25) is 9.71 Å². The van der Waals surface area contributed by atoms with Crippen LogP contribution in [0.5, 0.6) is 0 Å². The third kappa shape index (κ3) is 4.84. The Labute approximate surface area is 125 Å². The zero-order valence-corrected chi connectivity index (χ0v) is 12.7. The van der Waals surface area contributed by atoms with Crippen molar-refractivity contribution in [2.24, 2.45) is 0 Å². The van der Waals surface area contributed by atoms with E-state index in [1.54, 1.807) is 18.5 Å².